The normalized spacial score (nSPS) is 20.7. The minimum absolute atomic E-state index is 0.0138. The SMILES string of the molecule is CCc1ccc(Oc2ccc(C(F)(F)F)c(C#N)c2)cc1C1=C(O)[C@@H]2CC[C@H](C2)C1=O. The number of aliphatic hydroxyl groups is 1. The molecule has 31 heavy (non-hydrogen) atoms. The number of carbonyl (C=O) groups excluding carboxylic acids is 1. The van der Waals surface area contributed by atoms with Crippen molar-refractivity contribution in [3.8, 4) is 17.6 Å². The maximum atomic E-state index is 13.0. The third-order valence-electron chi connectivity index (χ3n) is 6.08. The van der Waals surface area contributed by atoms with Crippen molar-refractivity contribution < 1.29 is 27.8 Å². The second-order valence-electron chi connectivity index (χ2n) is 7.92. The van der Waals surface area contributed by atoms with Crippen molar-refractivity contribution >= 4 is 11.4 Å². The molecule has 2 bridgehead atoms. The Labute approximate surface area is 177 Å². The third-order valence-corrected chi connectivity index (χ3v) is 6.08. The largest absolute Gasteiger partial charge is 0.511 e. The number of rotatable bonds is 4. The van der Waals surface area contributed by atoms with Crippen LogP contribution < -0.4 is 4.74 Å². The van der Waals surface area contributed by atoms with Crippen molar-refractivity contribution in [3.63, 3.8) is 0 Å². The predicted octanol–water partition coefficient (Wildman–Crippen LogP) is 6.20. The molecule has 1 fully saturated rings. The maximum absolute atomic E-state index is 13.0. The van der Waals surface area contributed by atoms with Crippen LogP contribution in [0.1, 0.15) is 48.4 Å². The second-order valence-corrected chi connectivity index (χ2v) is 7.92. The number of nitriles is 1. The van der Waals surface area contributed by atoms with Crippen LogP contribution in [-0.4, -0.2) is 10.9 Å². The lowest BCUT2D eigenvalue weighted by molar-refractivity contribution is -0.137. The van der Waals surface area contributed by atoms with E-state index in [0.29, 0.717) is 29.7 Å². The van der Waals surface area contributed by atoms with Gasteiger partial charge in [-0.2, -0.15) is 18.4 Å². The van der Waals surface area contributed by atoms with E-state index in [1.807, 2.05) is 6.92 Å². The fraction of sp³-hybridized carbons (Fsp3) is 0.333. The average Bonchev–Trinajstić information content (AvgIpc) is 3.19. The number of hydrogen-bond acceptors (Lipinski definition) is 4. The first-order chi connectivity index (χ1) is 14.7. The van der Waals surface area contributed by atoms with E-state index in [0.717, 1.165) is 36.6 Å². The van der Waals surface area contributed by atoms with Gasteiger partial charge in [0.25, 0.3) is 0 Å². The quantitative estimate of drug-likeness (QED) is 0.631. The molecule has 0 amide bonds. The van der Waals surface area contributed by atoms with Gasteiger partial charge in [0.15, 0.2) is 5.78 Å². The summed E-state index contributed by atoms with van der Waals surface area (Å²) in [5.74, 6) is 0.333. The fourth-order valence-corrected chi connectivity index (χ4v) is 4.50. The van der Waals surface area contributed by atoms with Gasteiger partial charge in [-0.15, -0.1) is 0 Å². The Kier molecular flexibility index (Phi) is 5.26. The highest BCUT2D eigenvalue weighted by molar-refractivity contribution is 6.23. The monoisotopic (exact) mass is 427 g/mol. The summed E-state index contributed by atoms with van der Waals surface area (Å²) in [4.78, 5) is 12.9. The first kappa shape index (κ1) is 21.0. The highest BCUT2D eigenvalue weighted by atomic mass is 19.4. The number of Topliss-reactive ketones (excluding diaryl/α,β-unsaturated/α-hetero) is 1. The first-order valence-corrected chi connectivity index (χ1v) is 10.1. The summed E-state index contributed by atoms with van der Waals surface area (Å²) in [5, 5.41) is 19.8. The minimum atomic E-state index is -4.63. The van der Waals surface area contributed by atoms with E-state index < -0.39 is 17.3 Å². The lowest BCUT2D eigenvalue weighted by Gasteiger charge is -2.23. The zero-order chi connectivity index (χ0) is 22.3. The summed E-state index contributed by atoms with van der Waals surface area (Å²) in [7, 11) is 0. The first-order valence-electron chi connectivity index (χ1n) is 10.1. The topological polar surface area (TPSA) is 70.3 Å². The molecule has 7 heteroatoms. The van der Waals surface area contributed by atoms with Gasteiger partial charge >= 0.3 is 6.18 Å². The molecule has 2 aromatic rings. The highest BCUT2D eigenvalue weighted by Gasteiger charge is 2.41. The Balaban J connectivity index is 1.72. The van der Waals surface area contributed by atoms with Crippen LogP contribution in [0.3, 0.4) is 0 Å². The van der Waals surface area contributed by atoms with Crippen LogP contribution in [0.15, 0.2) is 42.2 Å². The molecule has 2 aliphatic carbocycles. The lowest BCUT2D eigenvalue weighted by Crippen LogP contribution is -2.21. The predicted molar refractivity (Wildman–Crippen MR) is 107 cm³/mol. The third kappa shape index (κ3) is 3.78. The molecular formula is C24H20F3NO3. The molecule has 1 N–H and O–H groups in total. The number of nitrogens with zero attached hydrogens (tertiary/aromatic N) is 1. The summed E-state index contributed by atoms with van der Waals surface area (Å²) in [6.45, 7) is 1.94. The number of carbonyl (C=O) groups is 1. The molecule has 0 aromatic heterocycles. The number of allylic oxidation sites excluding steroid dienone is 2. The van der Waals surface area contributed by atoms with Crippen molar-refractivity contribution in [2.45, 2.75) is 38.8 Å². The van der Waals surface area contributed by atoms with Crippen molar-refractivity contribution in [1.82, 2.24) is 0 Å². The molecule has 2 atom stereocenters. The van der Waals surface area contributed by atoms with Crippen LogP contribution >= 0.6 is 0 Å². The van der Waals surface area contributed by atoms with E-state index in [2.05, 4.69) is 0 Å². The van der Waals surface area contributed by atoms with E-state index in [-0.39, 0.29) is 29.1 Å². The van der Waals surface area contributed by atoms with E-state index in [9.17, 15) is 23.1 Å². The maximum Gasteiger partial charge on any atom is 0.417 e. The average molecular weight is 427 g/mol. The lowest BCUT2D eigenvalue weighted by atomic mass is 9.81. The van der Waals surface area contributed by atoms with Crippen molar-refractivity contribution in [3.05, 3.63) is 64.4 Å². The number of fused-ring (bicyclic) bond motifs is 2. The molecule has 4 rings (SSSR count). The van der Waals surface area contributed by atoms with Crippen LogP contribution in [0, 0.1) is 23.2 Å². The zero-order valence-corrected chi connectivity index (χ0v) is 16.8. The summed E-state index contributed by atoms with van der Waals surface area (Å²) < 4.78 is 44.8. The summed E-state index contributed by atoms with van der Waals surface area (Å²) >= 11 is 0. The van der Waals surface area contributed by atoms with Gasteiger partial charge < -0.3 is 9.84 Å². The molecule has 160 valence electrons. The zero-order valence-electron chi connectivity index (χ0n) is 16.8. The number of hydrogen-bond donors (Lipinski definition) is 1. The molecule has 0 unspecified atom stereocenters. The molecule has 1 saturated carbocycles. The summed E-state index contributed by atoms with van der Waals surface area (Å²) in [6.07, 6.45) is -1.78. The van der Waals surface area contributed by atoms with Gasteiger partial charge in [0.05, 0.1) is 22.8 Å². The van der Waals surface area contributed by atoms with E-state index >= 15 is 0 Å². The Bertz CT molecular complexity index is 1130. The van der Waals surface area contributed by atoms with Crippen LogP contribution in [0.4, 0.5) is 13.2 Å². The molecule has 4 nitrogen and oxygen atoms in total. The van der Waals surface area contributed by atoms with Crippen LogP contribution in [0.2, 0.25) is 0 Å². The standard InChI is InChI=1S/C24H20F3NO3/c1-2-13-5-6-18(31-17-7-8-20(24(25,26)27)16(10-17)12-28)11-19(13)21-22(29)14-3-4-15(9-14)23(21)30/h5-8,10-11,14-15,29H,2-4,9H2,1H3/t14-,15-/m1/s1. The minimum Gasteiger partial charge on any atom is -0.511 e. The number of ketones is 1. The number of halogens is 3. The summed E-state index contributed by atoms with van der Waals surface area (Å²) in [5.41, 5.74) is 0.226. The van der Waals surface area contributed by atoms with Gasteiger partial charge in [0, 0.05) is 11.8 Å². The Morgan fingerprint density at radius 3 is 2.48 bits per heavy atom. The number of ether oxygens (including phenoxy) is 1. The molecular weight excluding hydrogens is 407 g/mol. The number of benzene rings is 2. The number of aliphatic hydroxyl groups excluding tert-OH is 1. The van der Waals surface area contributed by atoms with Crippen molar-refractivity contribution in [1.29, 1.82) is 5.26 Å². The van der Waals surface area contributed by atoms with Crippen molar-refractivity contribution in [2.24, 2.45) is 11.8 Å². The molecule has 2 aliphatic rings. The molecule has 0 heterocycles. The number of aryl methyl sites for hydroxylation is 1. The van der Waals surface area contributed by atoms with Gasteiger partial charge in [-0.3, -0.25) is 4.79 Å². The second kappa shape index (κ2) is 7.77. The Morgan fingerprint density at radius 2 is 1.81 bits per heavy atom. The highest BCUT2D eigenvalue weighted by Crippen LogP contribution is 2.46. The molecule has 0 saturated heterocycles. The fourth-order valence-electron chi connectivity index (χ4n) is 4.50. The van der Waals surface area contributed by atoms with Gasteiger partial charge in [-0.05, 0) is 67.1 Å². The van der Waals surface area contributed by atoms with Gasteiger partial charge in [-0.1, -0.05) is 13.0 Å². The van der Waals surface area contributed by atoms with E-state index in [1.54, 1.807) is 24.3 Å². The van der Waals surface area contributed by atoms with E-state index in [4.69, 9.17) is 10.00 Å². The van der Waals surface area contributed by atoms with Crippen LogP contribution in [-0.2, 0) is 17.4 Å². The Morgan fingerprint density at radius 1 is 1.13 bits per heavy atom. The molecule has 0 radical (unpaired) electrons. The molecule has 2 aromatic carbocycles. The molecule has 0 aliphatic heterocycles. The van der Waals surface area contributed by atoms with Gasteiger partial charge in [0.1, 0.15) is 17.3 Å². The van der Waals surface area contributed by atoms with Crippen LogP contribution in [0.5, 0.6) is 11.5 Å². The summed E-state index contributed by atoms with van der Waals surface area (Å²) in [6, 6.07) is 9.63. The number of alkyl halides is 3. The van der Waals surface area contributed by atoms with Crippen molar-refractivity contribution in [2.75, 3.05) is 0 Å². The van der Waals surface area contributed by atoms with E-state index in [1.165, 1.54) is 0 Å². The molecule has 0 spiro atoms. The Hall–Kier alpha value is -3.27. The van der Waals surface area contributed by atoms with Gasteiger partial charge in [0.2, 0.25) is 0 Å². The smallest absolute Gasteiger partial charge is 0.417 e. The van der Waals surface area contributed by atoms with Crippen LogP contribution in [0.25, 0.3) is 5.57 Å². The van der Waals surface area contributed by atoms with Gasteiger partial charge in [-0.25, -0.2) is 0 Å².